The summed E-state index contributed by atoms with van der Waals surface area (Å²) in [7, 11) is 0. The predicted molar refractivity (Wildman–Crippen MR) is 98.6 cm³/mol. The topological polar surface area (TPSA) is 106 Å². The van der Waals surface area contributed by atoms with Crippen LogP contribution in [0.2, 0.25) is 0 Å². The van der Waals surface area contributed by atoms with E-state index in [9.17, 15) is 14.7 Å². The summed E-state index contributed by atoms with van der Waals surface area (Å²) >= 11 is 0. The largest absolute Gasteiger partial charge is 0.494 e. The maximum Gasteiger partial charge on any atom is 0.349 e. The number of para-hydroxylation sites is 1. The Labute approximate surface area is 154 Å². The van der Waals surface area contributed by atoms with E-state index < -0.39 is 17.7 Å². The molecule has 0 amide bonds. The summed E-state index contributed by atoms with van der Waals surface area (Å²) < 4.78 is 6.63. The van der Waals surface area contributed by atoms with Crippen molar-refractivity contribution in [2.24, 2.45) is 0 Å². The third kappa shape index (κ3) is 2.91. The maximum atomic E-state index is 12.6. The molecule has 0 unspecified atom stereocenters. The number of rotatable bonds is 4. The molecule has 2 N–H and O–H groups in total. The maximum absolute atomic E-state index is 12.6. The molecule has 0 spiro atoms. The Kier molecular flexibility index (Phi) is 4.08. The summed E-state index contributed by atoms with van der Waals surface area (Å²) in [4.78, 5) is 28.5. The van der Waals surface area contributed by atoms with Crippen LogP contribution >= 0.6 is 0 Å². The zero-order chi connectivity index (χ0) is 19.0. The first-order chi connectivity index (χ1) is 13.1. The summed E-state index contributed by atoms with van der Waals surface area (Å²) in [5.41, 5.74) is 1.31. The number of aromatic nitrogens is 3. The Morgan fingerprint density at radius 1 is 1.22 bits per heavy atom. The first-order valence-corrected chi connectivity index (χ1v) is 8.41. The quantitative estimate of drug-likeness (QED) is 0.732. The summed E-state index contributed by atoms with van der Waals surface area (Å²) in [5.74, 6) is -0.232. The van der Waals surface area contributed by atoms with Crippen molar-refractivity contribution in [2.75, 3.05) is 11.9 Å². The van der Waals surface area contributed by atoms with Gasteiger partial charge >= 0.3 is 5.97 Å². The fraction of sp³-hybridized carbons (Fsp3) is 0.158. The molecule has 8 heteroatoms. The van der Waals surface area contributed by atoms with E-state index >= 15 is 0 Å². The molecule has 1 aliphatic rings. The van der Waals surface area contributed by atoms with E-state index in [0.29, 0.717) is 29.2 Å². The van der Waals surface area contributed by atoms with Crippen LogP contribution in [0.4, 0.5) is 5.69 Å². The molecule has 0 saturated heterocycles. The molecule has 0 aliphatic carbocycles. The van der Waals surface area contributed by atoms with Crippen molar-refractivity contribution in [1.29, 1.82) is 0 Å². The highest BCUT2D eigenvalue weighted by Crippen LogP contribution is 2.33. The SMILES string of the molecule is CCOc1ccc(-c2nn3c(nc2=O)-c2ccccc2N[C@@H]3C(=O)O)cc1. The molecule has 3 aromatic rings. The second-order valence-corrected chi connectivity index (χ2v) is 5.92. The van der Waals surface area contributed by atoms with Crippen LogP contribution < -0.4 is 15.6 Å². The fourth-order valence-electron chi connectivity index (χ4n) is 3.00. The highest BCUT2D eigenvalue weighted by molar-refractivity contribution is 5.84. The second-order valence-electron chi connectivity index (χ2n) is 5.92. The third-order valence-corrected chi connectivity index (χ3v) is 4.21. The van der Waals surface area contributed by atoms with Crippen LogP contribution in [-0.2, 0) is 4.79 Å². The lowest BCUT2D eigenvalue weighted by atomic mass is 10.1. The van der Waals surface area contributed by atoms with Crippen molar-refractivity contribution in [2.45, 2.75) is 13.1 Å². The number of nitrogens with one attached hydrogen (secondary N) is 1. The number of carbonyl (C=O) groups is 1. The molecule has 2 aromatic carbocycles. The van der Waals surface area contributed by atoms with Gasteiger partial charge in [0.1, 0.15) is 5.75 Å². The van der Waals surface area contributed by atoms with E-state index in [-0.39, 0.29) is 11.5 Å². The van der Waals surface area contributed by atoms with Crippen LogP contribution in [0.3, 0.4) is 0 Å². The van der Waals surface area contributed by atoms with Gasteiger partial charge in [-0.15, -0.1) is 0 Å². The zero-order valence-electron chi connectivity index (χ0n) is 14.4. The van der Waals surface area contributed by atoms with Crippen molar-refractivity contribution in [3.63, 3.8) is 0 Å². The molecule has 0 fully saturated rings. The predicted octanol–water partition coefficient (Wildman–Crippen LogP) is 2.38. The number of nitrogens with zero attached hydrogens (tertiary/aromatic N) is 3. The number of carboxylic acids is 1. The van der Waals surface area contributed by atoms with Crippen LogP contribution in [0.1, 0.15) is 13.1 Å². The molecule has 136 valence electrons. The number of fused-ring (bicyclic) bond motifs is 3. The Bertz CT molecular complexity index is 1080. The molecular formula is C19H16N4O4. The molecule has 0 saturated carbocycles. The fourth-order valence-corrected chi connectivity index (χ4v) is 3.00. The molecule has 2 heterocycles. The highest BCUT2D eigenvalue weighted by Gasteiger charge is 2.31. The minimum atomic E-state index is -1.16. The minimum Gasteiger partial charge on any atom is -0.494 e. The van der Waals surface area contributed by atoms with E-state index in [1.807, 2.05) is 6.92 Å². The molecule has 4 rings (SSSR count). The van der Waals surface area contributed by atoms with Crippen molar-refractivity contribution in [1.82, 2.24) is 14.8 Å². The smallest absolute Gasteiger partial charge is 0.349 e. The lowest BCUT2D eigenvalue weighted by Crippen LogP contribution is -2.35. The highest BCUT2D eigenvalue weighted by atomic mass is 16.5. The first-order valence-electron chi connectivity index (χ1n) is 8.41. The lowest BCUT2D eigenvalue weighted by Gasteiger charge is -2.27. The van der Waals surface area contributed by atoms with Crippen molar-refractivity contribution in [3.8, 4) is 28.4 Å². The summed E-state index contributed by atoms with van der Waals surface area (Å²) in [6.45, 7) is 2.41. The average molecular weight is 364 g/mol. The van der Waals surface area contributed by atoms with Gasteiger partial charge in [-0.1, -0.05) is 12.1 Å². The molecule has 1 atom stereocenters. The van der Waals surface area contributed by atoms with Gasteiger partial charge in [0, 0.05) is 16.8 Å². The number of benzene rings is 2. The van der Waals surface area contributed by atoms with Crippen molar-refractivity contribution < 1.29 is 14.6 Å². The Balaban J connectivity index is 1.87. The van der Waals surface area contributed by atoms with E-state index in [1.165, 1.54) is 4.68 Å². The lowest BCUT2D eigenvalue weighted by molar-refractivity contribution is -0.140. The molecule has 0 radical (unpaired) electrons. The third-order valence-electron chi connectivity index (χ3n) is 4.21. The number of hydrogen-bond acceptors (Lipinski definition) is 6. The number of ether oxygens (including phenoxy) is 1. The van der Waals surface area contributed by atoms with E-state index in [0.717, 1.165) is 0 Å². The van der Waals surface area contributed by atoms with E-state index in [1.54, 1.807) is 48.5 Å². The van der Waals surface area contributed by atoms with Crippen LogP contribution in [0.5, 0.6) is 5.75 Å². The Morgan fingerprint density at radius 2 is 1.96 bits per heavy atom. The number of hydrogen-bond donors (Lipinski definition) is 2. The average Bonchev–Trinajstić information content (AvgIpc) is 2.68. The Hall–Kier alpha value is -3.68. The van der Waals surface area contributed by atoms with Gasteiger partial charge in [-0.05, 0) is 43.3 Å². The van der Waals surface area contributed by atoms with E-state index in [2.05, 4.69) is 15.4 Å². The van der Waals surface area contributed by atoms with Gasteiger partial charge in [0.05, 0.1) is 6.61 Å². The van der Waals surface area contributed by atoms with Crippen molar-refractivity contribution >= 4 is 11.7 Å². The monoisotopic (exact) mass is 364 g/mol. The van der Waals surface area contributed by atoms with Gasteiger partial charge in [0.2, 0.25) is 6.17 Å². The summed E-state index contributed by atoms with van der Waals surface area (Å²) in [6, 6.07) is 13.9. The van der Waals surface area contributed by atoms with Gasteiger partial charge in [0.15, 0.2) is 11.5 Å². The van der Waals surface area contributed by atoms with Gasteiger partial charge < -0.3 is 15.2 Å². The summed E-state index contributed by atoms with van der Waals surface area (Å²) in [5, 5.41) is 16.8. The molecule has 1 aliphatic heterocycles. The van der Waals surface area contributed by atoms with E-state index in [4.69, 9.17) is 4.74 Å². The summed E-state index contributed by atoms with van der Waals surface area (Å²) in [6.07, 6.45) is -1.16. The Morgan fingerprint density at radius 3 is 2.67 bits per heavy atom. The number of aliphatic carboxylic acids is 1. The van der Waals surface area contributed by atoms with Crippen molar-refractivity contribution in [3.05, 3.63) is 58.9 Å². The first kappa shape index (κ1) is 16.8. The molecule has 1 aromatic heterocycles. The van der Waals surface area contributed by atoms with Gasteiger partial charge in [-0.2, -0.15) is 10.1 Å². The second kappa shape index (κ2) is 6.56. The van der Waals surface area contributed by atoms with Gasteiger partial charge in [-0.3, -0.25) is 4.79 Å². The number of anilines is 1. The van der Waals surface area contributed by atoms with Crippen LogP contribution in [-0.4, -0.2) is 32.4 Å². The number of carboxylic acid groups (broad SMARTS) is 1. The van der Waals surface area contributed by atoms with Gasteiger partial charge in [0.25, 0.3) is 5.56 Å². The molecule has 27 heavy (non-hydrogen) atoms. The molecule has 0 bridgehead atoms. The van der Waals surface area contributed by atoms with Gasteiger partial charge in [-0.25, -0.2) is 9.48 Å². The molecule has 8 nitrogen and oxygen atoms in total. The van der Waals surface area contributed by atoms with Crippen LogP contribution in [0, 0.1) is 0 Å². The minimum absolute atomic E-state index is 0.0780. The van der Waals surface area contributed by atoms with Crippen LogP contribution in [0.25, 0.3) is 22.6 Å². The molecular weight excluding hydrogens is 348 g/mol. The normalized spacial score (nSPS) is 14.6. The van der Waals surface area contributed by atoms with Crippen LogP contribution in [0.15, 0.2) is 53.3 Å². The zero-order valence-corrected chi connectivity index (χ0v) is 14.4. The standard InChI is InChI=1S/C19H16N4O4/c1-2-27-12-9-7-11(8-10-12)15-18(24)21-16-13-5-3-4-6-14(13)20-17(19(25)26)23(16)22-15/h3-10,17,20H,2H2,1H3,(H,25,26)/t17-/m0/s1.